The van der Waals surface area contributed by atoms with Crippen LogP contribution >= 0.6 is 0 Å². The molecule has 0 fully saturated rings. The van der Waals surface area contributed by atoms with Crippen molar-refractivity contribution in [3.63, 3.8) is 0 Å². The number of rotatable bonds is 5. The van der Waals surface area contributed by atoms with Crippen LogP contribution in [0.1, 0.15) is 0 Å². The predicted octanol–water partition coefficient (Wildman–Crippen LogP) is -0.815. The van der Waals surface area contributed by atoms with E-state index in [4.69, 9.17) is 17.2 Å². The normalized spacial score (nSPS) is 9.94. The van der Waals surface area contributed by atoms with Gasteiger partial charge in [0.1, 0.15) is 5.82 Å². The van der Waals surface area contributed by atoms with Crippen molar-refractivity contribution in [1.29, 1.82) is 0 Å². The van der Waals surface area contributed by atoms with Crippen LogP contribution in [0.2, 0.25) is 0 Å². The topological polar surface area (TPSA) is 115 Å². The van der Waals surface area contributed by atoms with E-state index in [2.05, 4.69) is 0 Å². The highest BCUT2D eigenvalue weighted by atomic mass is 19.1. The van der Waals surface area contributed by atoms with E-state index < -0.39 is 17.6 Å². The summed E-state index contributed by atoms with van der Waals surface area (Å²) in [4.78, 5) is 22.8. The maximum absolute atomic E-state index is 13.6. The quantitative estimate of drug-likeness (QED) is 0.583. The largest absolute Gasteiger partial charge is 0.399 e. The van der Waals surface area contributed by atoms with E-state index in [9.17, 15) is 14.0 Å². The van der Waals surface area contributed by atoms with Gasteiger partial charge in [-0.1, -0.05) is 0 Å². The van der Waals surface area contributed by atoms with Gasteiger partial charge in [0, 0.05) is 5.69 Å². The van der Waals surface area contributed by atoms with Crippen molar-refractivity contribution in [3.05, 3.63) is 24.0 Å². The van der Waals surface area contributed by atoms with Gasteiger partial charge in [-0.25, -0.2) is 4.39 Å². The zero-order valence-electron chi connectivity index (χ0n) is 9.02. The van der Waals surface area contributed by atoms with Crippen molar-refractivity contribution < 1.29 is 14.0 Å². The summed E-state index contributed by atoms with van der Waals surface area (Å²) in [6.45, 7) is -0.604. The Morgan fingerprint density at radius 1 is 1.18 bits per heavy atom. The van der Waals surface area contributed by atoms with E-state index in [1.165, 1.54) is 12.1 Å². The average Bonchev–Trinajstić information content (AvgIpc) is 2.14. The number of anilines is 2. The summed E-state index contributed by atoms with van der Waals surface area (Å²) >= 11 is 0. The Balaban J connectivity index is 3.02. The van der Waals surface area contributed by atoms with Crippen LogP contribution < -0.4 is 22.1 Å². The molecule has 6 N–H and O–H groups in total. The molecule has 0 spiro atoms. The molecule has 6 nitrogen and oxygen atoms in total. The van der Waals surface area contributed by atoms with Gasteiger partial charge in [-0.2, -0.15) is 0 Å². The van der Waals surface area contributed by atoms with Gasteiger partial charge < -0.3 is 22.1 Å². The predicted molar refractivity (Wildman–Crippen MR) is 61.4 cm³/mol. The van der Waals surface area contributed by atoms with E-state index in [1.54, 1.807) is 0 Å². The van der Waals surface area contributed by atoms with E-state index in [0.29, 0.717) is 0 Å². The zero-order chi connectivity index (χ0) is 13.0. The van der Waals surface area contributed by atoms with E-state index in [-0.39, 0.29) is 24.5 Å². The fourth-order valence-electron chi connectivity index (χ4n) is 1.38. The minimum atomic E-state index is -0.692. The molecule has 0 aromatic heterocycles. The fourth-order valence-corrected chi connectivity index (χ4v) is 1.38. The molecule has 1 aromatic carbocycles. The van der Waals surface area contributed by atoms with Gasteiger partial charge >= 0.3 is 0 Å². The van der Waals surface area contributed by atoms with Gasteiger partial charge in [0.05, 0.1) is 18.8 Å². The van der Waals surface area contributed by atoms with Gasteiger partial charge in [0.15, 0.2) is 0 Å². The Hall–Kier alpha value is -2.31. The lowest BCUT2D eigenvalue weighted by Gasteiger charge is -2.22. The lowest BCUT2D eigenvalue weighted by Crippen LogP contribution is -2.40. The SMILES string of the molecule is NC(=O)CN(CC(N)=O)c1ccc(N)cc1F. The lowest BCUT2D eigenvalue weighted by molar-refractivity contribution is -0.117. The number of benzene rings is 1. The maximum atomic E-state index is 13.6. The van der Waals surface area contributed by atoms with Crippen molar-refractivity contribution in [2.24, 2.45) is 11.5 Å². The van der Waals surface area contributed by atoms with Crippen molar-refractivity contribution in [1.82, 2.24) is 0 Å². The van der Waals surface area contributed by atoms with E-state index in [1.807, 2.05) is 0 Å². The van der Waals surface area contributed by atoms with Crippen LogP contribution in [0.5, 0.6) is 0 Å². The molecular formula is C10H13FN4O2. The molecule has 0 aliphatic heterocycles. The van der Waals surface area contributed by atoms with E-state index in [0.717, 1.165) is 11.0 Å². The Morgan fingerprint density at radius 3 is 2.12 bits per heavy atom. The van der Waals surface area contributed by atoms with Gasteiger partial charge in [0.2, 0.25) is 11.8 Å². The number of nitrogens with zero attached hydrogens (tertiary/aromatic N) is 1. The minimum Gasteiger partial charge on any atom is -0.399 e. The molecule has 0 atom stereocenters. The molecule has 0 radical (unpaired) electrons. The van der Waals surface area contributed by atoms with Crippen molar-refractivity contribution >= 4 is 23.2 Å². The van der Waals surface area contributed by atoms with Crippen molar-refractivity contribution in [3.8, 4) is 0 Å². The number of carbonyl (C=O) groups is 2. The number of hydrogen-bond acceptors (Lipinski definition) is 4. The fraction of sp³-hybridized carbons (Fsp3) is 0.200. The third-order valence-electron chi connectivity index (χ3n) is 2.01. The molecule has 0 saturated carbocycles. The lowest BCUT2D eigenvalue weighted by atomic mass is 10.2. The van der Waals surface area contributed by atoms with Gasteiger partial charge in [-0.05, 0) is 18.2 Å². The highest BCUT2D eigenvalue weighted by molar-refractivity contribution is 5.85. The number of hydrogen-bond donors (Lipinski definition) is 3. The number of halogens is 1. The molecule has 92 valence electrons. The second-order valence-electron chi connectivity index (χ2n) is 3.50. The highest BCUT2D eigenvalue weighted by Gasteiger charge is 2.15. The molecule has 0 bridgehead atoms. The number of nitrogen functional groups attached to an aromatic ring is 1. The molecular weight excluding hydrogens is 227 g/mol. The Bertz CT molecular complexity index is 434. The molecule has 7 heteroatoms. The molecule has 0 aliphatic rings. The summed E-state index contributed by atoms with van der Waals surface area (Å²) in [7, 11) is 0. The van der Waals surface area contributed by atoms with Crippen LogP contribution in [-0.4, -0.2) is 24.9 Å². The van der Waals surface area contributed by atoms with Gasteiger partial charge in [-0.3, -0.25) is 9.59 Å². The van der Waals surface area contributed by atoms with Crippen LogP contribution in [0.25, 0.3) is 0 Å². The summed E-state index contributed by atoms with van der Waals surface area (Å²) in [6.07, 6.45) is 0. The Labute approximate surface area is 97.2 Å². The number of amides is 2. The molecule has 1 aromatic rings. The van der Waals surface area contributed by atoms with Crippen molar-refractivity contribution in [2.75, 3.05) is 23.7 Å². The molecule has 2 amide bonds. The van der Waals surface area contributed by atoms with Gasteiger partial charge in [0.25, 0.3) is 0 Å². The summed E-state index contributed by atoms with van der Waals surface area (Å²) in [5.41, 5.74) is 15.7. The zero-order valence-corrected chi connectivity index (χ0v) is 9.02. The summed E-state index contributed by atoms with van der Waals surface area (Å²) in [5, 5.41) is 0. The summed E-state index contributed by atoms with van der Waals surface area (Å²) in [5.74, 6) is -2.03. The molecule has 0 saturated heterocycles. The Kier molecular flexibility index (Phi) is 3.86. The maximum Gasteiger partial charge on any atom is 0.236 e. The van der Waals surface area contributed by atoms with Crippen LogP contribution in [-0.2, 0) is 9.59 Å². The highest BCUT2D eigenvalue weighted by Crippen LogP contribution is 2.21. The molecule has 0 heterocycles. The second kappa shape index (κ2) is 5.15. The third-order valence-corrected chi connectivity index (χ3v) is 2.01. The average molecular weight is 240 g/mol. The smallest absolute Gasteiger partial charge is 0.236 e. The molecule has 17 heavy (non-hydrogen) atoms. The second-order valence-corrected chi connectivity index (χ2v) is 3.50. The monoisotopic (exact) mass is 240 g/mol. The van der Waals surface area contributed by atoms with Crippen molar-refractivity contribution in [2.45, 2.75) is 0 Å². The van der Waals surface area contributed by atoms with Crippen LogP contribution in [0.15, 0.2) is 18.2 Å². The van der Waals surface area contributed by atoms with Gasteiger partial charge in [-0.15, -0.1) is 0 Å². The standard InChI is InChI=1S/C10H13FN4O2/c11-7-3-6(12)1-2-8(7)15(4-9(13)16)5-10(14)17/h1-3H,4-5,12H2,(H2,13,16)(H2,14,17). The molecule has 0 unspecified atom stereocenters. The summed E-state index contributed by atoms with van der Waals surface area (Å²) in [6, 6.07) is 3.90. The first-order valence-electron chi connectivity index (χ1n) is 4.76. The first kappa shape index (κ1) is 12.8. The van der Waals surface area contributed by atoms with Crippen LogP contribution in [0.3, 0.4) is 0 Å². The molecule has 0 aliphatic carbocycles. The number of nitrogens with two attached hydrogens (primary N) is 3. The summed E-state index contributed by atoms with van der Waals surface area (Å²) < 4.78 is 13.6. The third kappa shape index (κ3) is 3.63. The van der Waals surface area contributed by atoms with E-state index >= 15 is 0 Å². The number of primary amides is 2. The first-order chi connectivity index (χ1) is 7.90. The number of carbonyl (C=O) groups excluding carboxylic acids is 2. The Morgan fingerprint density at radius 2 is 1.71 bits per heavy atom. The molecule has 1 rings (SSSR count). The van der Waals surface area contributed by atoms with Crippen LogP contribution in [0, 0.1) is 5.82 Å². The first-order valence-corrected chi connectivity index (χ1v) is 4.76. The minimum absolute atomic E-state index is 0.0526. The van der Waals surface area contributed by atoms with Crippen LogP contribution in [0.4, 0.5) is 15.8 Å².